The molecule has 0 aliphatic carbocycles. The topological polar surface area (TPSA) is 36.9 Å². The van der Waals surface area contributed by atoms with Crippen molar-refractivity contribution < 1.29 is 16.5 Å². The van der Waals surface area contributed by atoms with Crippen molar-refractivity contribution in [2.45, 2.75) is 26.2 Å². The molecule has 0 atom stereocenters. The molecule has 0 aromatic carbocycles. The third kappa shape index (κ3) is 9.23. The van der Waals surface area contributed by atoms with Crippen LogP contribution in [0.1, 0.15) is 0 Å². The molecule has 0 N–H and O–H groups in total. The van der Waals surface area contributed by atoms with Gasteiger partial charge < -0.3 is 16.5 Å². The van der Waals surface area contributed by atoms with E-state index in [4.69, 9.17) is 16.5 Å². The van der Waals surface area contributed by atoms with Crippen LogP contribution >= 0.6 is 0 Å². The van der Waals surface area contributed by atoms with E-state index in [9.17, 15) is 0 Å². The zero-order valence-electron chi connectivity index (χ0n) is 9.07. The van der Waals surface area contributed by atoms with E-state index in [1.165, 1.54) is 0 Å². The van der Waals surface area contributed by atoms with Gasteiger partial charge in [0.2, 0.25) is 0 Å². The molecule has 0 amide bonds. The molecule has 4 nitrogen and oxygen atoms in total. The molecule has 0 fully saturated rings. The van der Waals surface area contributed by atoms with E-state index in [1.807, 2.05) is 0 Å². The summed E-state index contributed by atoms with van der Waals surface area (Å²) in [5.41, 5.74) is 0. The summed E-state index contributed by atoms with van der Waals surface area (Å²) in [6.07, 6.45) is 0. The van der Waals surface area contributed by atoms with Crippen molar-refractivity contribution in [2.75, 3.05) is 0 Å². The van der Waals surface area contributed by atoms with Crippen LogP contribution in [-0.2, 0) is 16.5 Å². The second-order valence-electron chi connectivity index (χ2n) is 3.23. The van der Waals surface area contributed by atoms with Gasteiger partial charge in [0.05, 0.1) is 0 Å². The Kier molecular flexibility index (Phi) is 8.84. The Morgan fingerprint density at radius 3 is 1.77 bits per heavy atom. The van der Waals surface area contributed by atoms with Gasteiger partial charge >= 0.3 is 9.53 Å². The maximum absolute atomic E-state index is 5.70. The first-order chi connectivity index (χ1) is 6.06. The van der Waals surface area contributed by atoms with Crippen molar-refractivity contribution in [3.05, 3.63) is 0 Å². The molecule has 0 aromatic heterocycles. The minimum Gasteiger partial charge on any atom is -0.449 e. The van der Waals surface area contributed by atoms with Crippen LogP contribution in [0.3, 0.4) is 0 Å². The molecule has 0 unspecified atom stereocenters. The average molecular weight is 273 g/mol. The fourth-order valence-electron chi connectivity index (χ4n) is 0.679. The smallest absolute Gasteiger partial charge is 0.449 e. The summed E-state index contributed by atoms with van der Waals surface area (Å²) in [6.45, 7) is 8.55. The van der Waals surface area contributed by atoms with Crippen molar-refractivity contribution in [3.63, 3.8) is 0 Å². The Morgan fingerprint density at radius 2 is 1.46 bits per heavy atom. The molecule has 0 bridgehead atoms. The zero-order valence-corrected chi connectivity index (χ0v) is 16.0. The third-order valence-electron chi connectivity index (χ3n) is 1.09. The predicted octanol–water partition coefficient (Wildman–Crippen LogP) is -1.98. The molecule has 13 heavy (non-hydrogen) atoms. The van der Waals surface area contributed by atoms with Gasteiger partial charge in [-0.1, -0.05) is 0 Å². The van der Waals surface area contributed by atoms with E-state index in [0.29, 0.717) is 0 Å². The molecule has 0 aromatic rings. The number of hydrogen-bond acceptors (Lipinski definition) is 4. The highest BCUT2D eigenvalue weighted by atomic mass is 28.4. The minimum atomic E-state index is -1.78. The minimum absolute atomic E-state index is 0.763. The van der Waals surface area contributed by atoms with Gasteiger partial charge in [-0.3, -0.25) is 0 Å². The third-order valence-corrected chi connectivity index (χ3v) is 9.80. The van der Waals surface area contributed by atoms with Crippen LogP contribution in [0.2, 0.25) is 26.2 Å². The second-order valence-corrected chi connectivity index (χ2v) is 14.1. The van der Waals surface area contributed by atoms with Gasteiger partial charge in [-0.05, 0) is 26.2 Å². The van der Waals surface area contributed by atoms with Gasteiger partial charge in [-0.25, -0.2) is 0 Å². The van der Waals surface area contributed by atoms with E-state index in [2.05, 4.69) is 26.2 Å². The van der Waals surface area contributed by atoms with Gasteiger partial charge in [-0.15, -0.1) is 0 Å². The first-order valence-corrected chi connectivity index (χ1v) is 13.4. The van der Waals surface area contributed by atoms with Crippen molar-refractivity contribution in [3.8, 4) is 0 Å². The maximum atomic E-state index is 5.70. The van der Waals surface area contributed by atoms with Crippen molar-refractivity contribution >= 4 is 48.1 Å². The van der Waals surface area contributed by atoms with E-state index >= 15 is 0 Å². The molecule has 0 heterocycles. The Morgan fingerprint density at radius 1 is 1.00 bits per heavy atom. The highest BCUT2D eigenvalue weighted by molar-refractivity contribution is 6.66. The Labute approximate surface area is 91.0 Å². The number of hydrogen-bond donors (Lipinski definition) is 0. The lowest BCUT2D eigenvalue weighted by molar-refractivity contribution is 0.303. The summed E-state index contributed by atoms with van der Waals surface area (Å²) >= 11 is 0. The molecule has 0 radical (unpaired) electrons. The second kappa shape index (κ2) is 8.25. The predicted molar refractivity (Wildman–Crippen MR) is 67.7 cm³/mol. The molecule has 0 saturated heterocycles. The average Bonchev–Trinajstić information content (AvgIpc) is 1.98. The first-order valence-electron chi connectivity index (χ1n) is 4.47. The lowest BCUT2D eigenvalue weighted by Gasteiger charge is -2.20. The highest BCUT2D eigenvalue weighted by Crippen LogP contribution is 1.97. The van der Waals surface area contributed by atoms with Gasteiger partial charge in [0.1, 0.15) is 10.5 Å². The van der Waals surface area contributed by atoms with Crippen LogP contribution in [0.25, 0.3) is 0 Å². The Hall–Kier alpha value is 0.924. The van der Waals surface area contributed by atoms with Crippen LogP contribution in [0, 0.1) is 0 Å². The van der Waals surface area contributed by atoms with Crippen LogP contribution in [0.15, 0.2) is 0 Å². The van der Waals surface area contributed by atoms with E-state index in [-0.39, 0.29) is 0 Å². The molecule has 9 heteroatoms. The maximum Gasteiger partial charge on any atom is 0.453 e. The van der Waals surface area contributed by atoms with E-state index in [1.54, 1.807) is 0 Å². The van der Waals surface area contributed by atoms with Crippen LogP contribution < -0.4 is 0 Å². The summed E-state index contributed by atoms with van der Waals surface area (Å²) in [5.74, 6) is 0. The Balaban J connectivity index is 3.73. The normalized spacial score (nSPS) is 13.2. The van der Waals surface area contributed by atoms with Crippen molar-refractivity contribution in [2.24, 2.45) is 0 Å². The summed E-state index contributed by atoms with van der Waals surface area (Å²) in [5, 5.41) is 0. The Bertz CT molecular complexity index is 113. The summed E-state index contributed by atoms with van der Waals surface area (Å²) in [6, 6.07) is 0. The molecular formula is C4H20O4Si5. The first kappa shape index (κ1) is 13.9. The number of rotatable bonds is 7. The van der Waals surface area contributed by atoms with Gasteiger partial charge in [0.25, 0.3) is 10.0 Å². The standard InChI is InChI=1S/C4H20O4Si5/c1-11(2)7-13(6-10-5-9)8-12(3)4/h11-13H,10H2,1-4,9H3. The molecule has 0 saturated carbocycles. The fourth-order valence-corrected chi connectivity index (χ4v) is 9.32. The van der Waals surface area contributed by atoms with Gasteiger partial charge in [-0.2, -0.15) is 0 Å². The van der Waals surface area contributed by atoms with Crippen molar-refractivity contribution in [1.82, 2.24) is 0 Å². The lowest BCUT2D eigenvalue weighted by Crippen LogP contribution is -2.36. The molecule has 0 aliphatic heterocycles. The van der Waals surface area contributed by atoms with E-state index in [0.717, 1.165) is 10.5 Å². The van der Waals surface area contributed by atoms with Crippen LogP contribution in [-0.4, -0.2) is 48.1 Å². The largest absolute Gasteiger partial charge is 0.453 e. The van der Waals surface area contributed by atoms with Gasteiger partial charge in [0, 0.05) is 0 Å². The quantitative estimate of drug-likeness (QED) is 0.503. The lowest BCUT2D eigenvalue weighted by atomic mass is 11.9. The molecule has 0 rings (SSSR count). The van der Waals surface area contributed by atoms with Crippen molar-refractivity contribution in [1.29, 1.82) is 0 Å². The van der Waals surface area contributed by atoms with Crippen LogP contribution in [0.5, 0.6) is 0 Å². The molecule has 0 aliphatic rings. The SMILES string of the molecule is C[SiH](C)O[SiH](O[SiH2]O[SiH3])O[SiH](C)C. The summed E-state index contributed by atoms with van der Waals surface area (Å²) in [7, 11) is -3.85. The highest BCUT2D eigenvalue weighted by Gasteiger charge is 2.18. The summed E-state index contributed by atoms with van der Waals surface area (Å²) < 4.78 is 22.0. The fraction of sp³-hybridized carbons (Fsp3) is 1.00. The molecule has 80 valence electrons. The zero-order chi connectivity index (χ0) is 10.3. The van der Waals surface area contributed by atoms with Crippen LogP contribution in [0.4, 0.5) is 0 Å². The monoisotopic (exact) mass is 272 g/mol. The van der Waals surface area contributed by atoms with Gasteiger partial charge in [0.15, 0.2) is 18.1 Å². The summed E-state index contributed by atoms with van der Waals surface area (Å²) in [4.78, 5) is 0. The molecule has 0 spiro atoms. The molecular weight excluding hydrogens is 252 g/mol. The van der Waals surface area contributed by atoms with E-state index < -0.39 is 37.6 Å².